The van der Waals surface area contributed by atoms with Crippen LogP contribution in [0.3, 0.4) is 0 Å². The summed E-state index contributed by atoms with van der Waals surface area (Å²) in [6.45, 7) is 3.28. The van der Waals surface area contributed by atoms with Crippen LogP contribution in [-0.2, 0) is 21.3 Å². The van der Waals surface area contributed by atoms with Crippen LogP contribution in [0.15, 0.2) is 12.4 Å². The summed E-state index contributed by atoms with van der Waals surface area (Å²) in [4.78, 5) is 14.4. The van der Waals surface area contributed by atoms with E-state index in [0.29, 0.717) is 26.4 Å². The van der Waals surface area contributed by atoms with Crippen molar-refractivity contribution in [2.45, 2.75) is 18.6 Å². The van der Waals surface area contributed by atoms with Crippen LogP contribution in [0.25, 0.3) is 0 Å². The maximum absolute atomic E-state index is 12.1. The van der Waals surface area contributed by atoms with E-state index in [9.17, 15) is 4.79 Å². The van der Waals surface area contributed by atoms with E-state index in [1.54, 1.807) is 4.68 Å². The molecular weight excluding hydrogens is 284 g/mol. The average Bonchev–Trinajstić information content (AvgIpc) is 3.16. The Labute approximate surface area is 130 Å². The molecule has 0 radical (unpaired) electrons. The van der Waals surface area contributed by atoms with Gasteiger partial charge in [-0.05, 0) is 13.5 Å². The lowest BCUT2D eigenvalue weighted by molar-refractivity contribution is -0.127. The van der Waals surface area contributed by atoms with Crippen LogP contribution >= 0.6 is 0 Å². The standard InChI is InChI=1S/C15H24N4O3/c1-18-4-6-22-13(14(18)12-7-17-19(2)9-12)8-16-15(20)11-3-5-21-10-11/h7,9,11,13-14H,3-6,8,10H2,1-2H3,(H,16,20)/t11-,13+,14+/m1/s1. The normalized spacial score (nSPS) is 29.6. The van der Waals surface area contributed by atoms with Gasteiger partial charge in [0, 0.05) is 38.5 Å². The first kappa shape index (κ1) is 15.5. The van der Waals surface area contributed by atoms with E-state index >= 15 is 0 Å². The summed E-state index contributed by atoms with van der Waals surface area (Å²) in [5.74, 6) is 0.0532. The summed E-state index contributed by atoms with van der Waals surface area (Å²) in [6, 6.07) is 0.113. The third kappa shape index (κ3) is 3.31. The number of nitrogens with zero attached hydrogens (tertiary/aromatic N) is 3. The number of morpholine rings is 1. The van der Waals surface area contributed by atoms with Crippen LogP contribution in [0.2, 0.25) is 0 Å². The summed E-state index contributed by atoms with van der Waals surface area (Å²) in [6.07, 6.45) is 4.63. The zero-order valence-corrected chi connectivity index (χ0v) is 13.2. The lowest BCUT2D eigenvalue weighted by Gasteiger charge is -2.38. The van der Waals surface area contributed by atoms with Gasteiger partial charge < -0.3 is 14.8 Å². The molecule has 2 fully saturated rings. The number of carbonyl (C=O) groups excluding carboxylic acids is 1. The van der Waals surface area contributed by atoms with Crippen LogP contribution in [0.5, 0.6) is 0 Å². The van der Waals surface area contributed by atoms with Gasteiger partial charge in [-0.2, -0.15) is 5.10 Å². The fraction of sp³-hybridized carbons (Fsp3) is 0.733. The Hall–Kier alpha value is -1.44. The monoisotopic (exact) mass is 308 g/mol. The SMILES string of the molecule is CN1CCO[C@@H](CNC(=O)[C@@H]2CCOC2)[C@@H]1c1cnn(C)c1. The highest BCUT2D eigenvalue weighted by atomic mass is 16.5. The van der Waals surface area contributed by atoms with Gasteiger partial charge in [0.2, 0.25) is 5.91 Å². The zero-order chi connectivity index (χ0) is 15.5. The van der Waals surface area contributed by atoms with Gasteiger partial charge in [-0.25, -0.2) is 0 Å². The second-order valence-electron chi connectivity index (χ2n) is 6.09. The molecule has 0 aromatic carbocycles. The van der Waals surface area contributed by atoms with Crippen molar-refractivity contribution in [1.29, 1.82) is 0 Å². The van der Waals surface area contributed by atoms with Gasteiger partial charge in [-0.1, -0.05) is 0 Å². The van der Waals surface area contributed by atoms with Gasteiger partial charge in [-0.3, -0.25) is 14.4 Å². The third-order valence-electron chi connectivity index (χ3n) is 4.45. The minimum Gasteiger partial charge on any atom is -0.381 e. The van der Waals surface area contributed by atoms with Gasteiger partial charge in [0.1, 0.15) is 0 Å². The molecule has 0 aliphatic carbocycles. The van der Waals surface area contributed by atoms with E-state index in [1.807, 2.05) is 19.4 Å². The molecule has 1 amide bonds. The summed E-state index contributed by atoms with van der Waals surface area (Å²) in [5.41, 5.74) is 1.12. The molecule has 2 aliphatic rings. The van der Waals surface area contributed by atoms with Crippen LogP contribution in [0.1, 0.15) is 18.0 Å². The molecule has 0 saturated carbocycles. The Morgan fingerprint density at radius 3 is 3.00 bits per heavy atom. The molecule has 3 atom stereocenters. The molecule has 1 aromatic heterocycles. The van der Waals surface area contributed by atoms with Crippen LogP contribution in [0, 0.1) is 5.92 Å². The van der Waals surface area contributed by atoms with Crippen molar-refractivity contribution in [3.8, 4) is 0 Å². The van der Waals surface area contributed by atoms with Gasteiger partial charge >= 0.3 is 0 Å². The molecule has 2 saturated heterocycles. The third-order valence-corrected chi connectivity index (χ3v) is 4.45. The van der Waals surface area contributed by atoms with Crippen molar-refractivity contribution in [3.63, 3.8) is 0 Å². The first-order chi connectivity index (χ1) is 10.6. The fourth-order valence-electron chi connectivity index (χ4n) is 3.18. The zero-order valence-electron chi connectivity index (χ0n) is 13.2. The van der Waals surface area contributed by atoms with Crippen molar-refractivity contribution in [2.75, 3.05) is 40.0 Å². The lowest BCUT2D eigenvalue weighted by Crippen LogP contribution is -2.49. The average molecular weight is 308 g/mol. The quantitative estimate of drug-likeness (QED) is 0.844. The number of aryl methyl sites for hydroxylation is 1. The first-order valence-electron chi connectivity index (χ1n) is 7.81. The van der Waals surface area contributed by atoms with Crippen molar-refractivity contribution in [2.24, 2.45) is 13.0 Å². The van der Waals surface area contributed by atoms with E-state index in [2.05, 4.69) is 22.4 Å². The molecule has 1 aromatic rings. The molecule has 2 aliphatic heterocycles. The maximum atomic E-state index is 12.1. The smallest absolute Gasteiger partial charge is 0.225 e. The molecule has 0 unspecified atom stereocenters. The van der Waals surface area contributed by atoms with Gasteiger partial charge in [0.25, 0.3) is 0 Å². The van der Waals surface area contributed by atoms with Crippen molar-refractivity contribution < 1.29 is 14.3 Å². The van der Waals surface area contributed by atoms with E-state index in [-0.39, 0.29) is 24.0 Å². The molecule has 122 valence electrons. The maximum Gasteiger partial charge on any atom is 0.225 e. The van der Waals surface area contributed by atoms with Crippen LogP contribution < -0.4 is 5.32 Å². The second kappa shape index (κ2) is 6.76. The minimum atomic E-state index is -0.0609. The van der Waals surface area contributed by atoms with Crippen LogP contribution in [0.4, 0.5) is 0 Å². The molecule has 3 heterocycles. The number of ether oxygens (including phenoxy) is 2. The van der Waals surface area contributed by atoms with E-state index in [0.717, 1.165) is 18.5 Å². The number of hydrogen-bond acceptors (Lipinski definition) is 5. The highest BCUT2D eigenvalue weighted by Crippen LogP contribution is 2.27. The molecule has 7 heteroatoms. The molecule has 1 N–H and O–H groups in total. The van der Waals surface area contributed by atoms with E-state index < -0.39 is 0 Å². The Morgan fingerprint density at radius 1 is 1.45 bits per heavy atom. The number of likely N-dealkylation sites (N-methyl/N-ethyl adjacent to an activating group) is 1. The number of rotatable bonds is 4. The highest BCUT2D eigenvalue weighted by molar-refractivity contribution is 5.79. The van der Waals surface area contributed by atoms with Crippen LogP contribution in [-0.4, -0.2) is 66.6 Å². The minimum absolute atomic E-state index is 0.0156. The predicted octanol–water partition coefficient (Wildman–Crippen LogP) is -0.0555. The van der Waals surface area contributed by atoms with Crippen molar-refractivity contribution in [3.05, 3.63) is 18.0 Å². The van der Waals surface area contributed by atoms with Crippen molar-refractivity contribution in [1.82, 2.24) is 20.0 Å². The van der Waals surface area contributed by atoms with Crippen molar-refractivity contribution >= 4 is 5.91 Å². The number of amides is 1. The summed E-state index contributed by atoms with van der Waals surface area (Å²) >= 11 is 0. The Morgan fingerprint density at radius 2 is 2.32 bits per heavy atom. The van der Waals surface area contributed by atoms with E-state index in [4.69, 9.17) is 9.47 Å². The van der Waals surface area contributed by atoms with Gasteiger partial charge in [0.15, 0.2) is 0 Å². The summed E-state index contributed by atoms with van der Waals surface area (Å²) in [7, 11) is 3.99. The predicted molar refractivity (Wildman–Crippen MR) is 80.3 cm³/mol. The lowest BCUT2D eigenvalue weighted by atomic mass is 10.0. The number of aromatic nitrogens is 2. The molecular formula is C15H24N4O3. The Kier molecular flexibility index (Phi) is 4.75. The molecule has 7 nitrogen and oxygen atoms in total. The van der Waals surface area contributed by atoms with Gasteiger partial charge in [0.05, 0.1) is 37.5 Å². The highest BCUT2D eigenvalue weighted by Gasteiger charge is 2.33. The summed E-state index contributed by atoms with van der Waals surface area (Å²) in [5, 5.41) is 7.27. The summed E-state index contributed by atoms with van der Waals surface area (Å²) < 4.78 is 13.0. The topological polar surface area (TPSA) is 68.6 Å². The fourth-order valence-corrected chi connectivity index (χ4v) is 3.18. The van der Waals surface area contributed by atoms with E-state index in [1.165, 1.54) is 0 Å². The molecule has 0 bridgehead atoms. The molecule has 0 spiro atoms. The largest absolute Gasteiger partial charge is 0.381 e. The Bertz CT molecular complexity index is 513. The van der Waals surface area contributed by atoms with Gasteiger partial charge in [-0.15, -0.1) is 0 Å². The number of nitrogens with one attached hydrogen (secondary N) is 1. The second-order valence-corrected chi connectivity index (χ2v) is 6.09. The number of carbonyl (C=O) groups is 1. The molecule has 22 heavy (non-hydrogen) atoms. The molecule has 3 rings (SSSR count). The Balaban J connectivity index is 1.63. The first-order valence-corrected chi connectivity index (χ1v) is 7.81. The number of hydrogen-bond donors (Lipinski definition) is 1.